The number of likely N-dealkylation sites (tertiary alicyclic amines) is 1. The maximum absolute atomic E-state index is 12.3. The van der Waals surface area contributed by atoms with Gasteiger partial charge in [-0.1, -0.05) is 13.3 Å². The molecule has 2 aliphatic heterocycles. The molecule has 0 aromatic heterocycles. The number of amides is 1. The standard InChI is InChI=1S/C15H29N3O2/c1-12(9-18-6-4-3-5-7-18)8-17-14(19)15(2)11-20-10-13(15)16/h12-13H,3-11,16H2,1-2H3,(H,17,19). The summed E-state index contributed by atoms with van der Waals surface area (Å²) in [6.45, 7) is 9.20. The van der Waals surface area contributed by atoms with Crippen molar-refractivity contribution in [1.82, 2.24) is 10.2 Å². The lowest BCUT2D eigenvalue weighted by Crippen LogP contribution is -2.51. The lowest BCUT2D eigenvalue weighted by atomic mass is 9.84. The summed E-state index contributed by atoms with van der Waals surface area (Å²) in [6.07, 6.45) is 3.98. The van der Waals surface area contributed by atoms with Gasteiger partial charge in [0.15, 0.2) is 0 Å². The van der Waals surface area contributed by atoms with Crippen LogP contribution in [0.1, 0.15) is 33.1 Å². The highest BCUT2D eigenvalue weighted by Gasteiger charge is 2.44. The Hall–Kier alpha value is -0.650. The van der Waals surface area contributed by atoms with Gasteiger partial charge in [0.05, 0.1) is 18.6 Å². The average molecular weight is 283 g/mol. The zero-order valence-corrected chi connectivity index (χ0v) is 12.9. The maximum atomic E-state index is 12.3. The second-order valence-corrected chi connectivity index (χ2v) is 6.72. The zero-order chi connectivity index (χ0) is 14.6. The van der Waals surface area contributed by atoms with Crippen LogP contribution in [-0.4, -0.2) is 56.2 Å². The van der Waals surface area contributed by atoms with Gasteiger partial charge in [-0.25, -0.2) is 0 Å². The van der Waals surface area contributed by atoms with Gasteiger partial charge in [-0.2, -0.15) is 0 Å². The predicted molar refractivity (Wildman–Crippen MR) is 79.4 cm³/mol. The molecular formula is C15H29N3O2. The van der Waals surface area contributed by atoms with E-state index in [9.17, 15) is 4.79 Å². The number of nitrogens with zero attached hydrogens (tertiary/aromatic N) is 1. The number of rotatable bonds is 5. The molecule has 20 heavy (non-hydrogen) atoms. The van der Waals surface area contributed by atoms with Crippen molar-refractivity contribution >= 4 is 5.91 Å². The smallest absolute Gasteiger partial charge is 0.229 e. The van der Waals surface area contributed by atoms with Gasteiger partial charge < -0.3 is 20.7 Å². The number of hydrogen-bond acceptors (Lipinski definition) is 4. The molecule has 0 saturated carbocycles. The van der Waals surface area contributed by atoms with Gasteiger partial charge in [0, 0.05) is 19.1 Å². The van der Waals surface area contributed by atoms with E-state index in [0.29, 0.717) is 19.1 Å². The van der Waals surface area contributed by atoms with Crippen molar-refractivity contribution in [2.24, 2.45) is 17.1 Å². The van der Waals surface area contributed by atoms with E-state index < -0.39 is 5.41 Å². The number of piperidine rings is 1. The van der Waals surface area contributed by atoms with E-state index in [4.69, 9.17) is 10.5 Å². The Bertz CT molecular complexity index is 331. The Labute approximate surface area is 122 Å². The van der Waals surface area contributed by atoms with Gasteiger partial charge in [-0.3, -0.25) is 4.79 Å². The molecule has 3 N–H and O–H groups in total. The average Bonchev–Trinajstić information content (AvgIpc) is 2.78. The Morgan fingerprint density at radius 1 is 1.45 bits per heavy atom. The van der Waals surface area contributed by atoms with E-state index in [1.807, 2.05) is 6.92 Å². The summed E-state index contributed by atoms with van der Waals surface area (Å²) in [6, 6.07) is -0.195. The topological polar surface area (TPSA) is 67.6 Å². The summed E-state index contributed by atoms with van der Waals surface area (Å²) >= 11 is 0. The Morgan fingerprint density at radius 2 is 2.15 bits per heavy atom. The normalized spacial score (nSPS) is 33.0. The zero-order valence-electron chi connectivity index (χ0n) is 12.9. The molecule has 0 radical (unpaired) electrons. The molecule has 1 amide bonds. The van der Waals surface area contributed by atoms with E-state index in [1.165, 1.54) is 32.4 Å². The fraction of sp³-hybridized carbons (Fsp3) is 0.933. The summed E-state index contributed by atoms with van der Waals surface area (Å²) in [7, 11) is 0. The van der Waals surface area contributed by atoms with Crippen molar-refractivity contribution in [3.63, 3.8) is 0 Å². The molecule has 5 heteroatoms. The third kappa shape index (κ3) is 3.71. The van der Waals surface area contributed by atoms with Crippen LogP contribution in [0.4, 0.5) is 0 Å². The van der Waals surface area contributed by atoms with Crippen molar-refractivity contribution in [3.05, 3.63) is 0 Å². The van der Waals surface area contributed by atoms with Crippen molar-refractivity contribution in [2.75, 3.05) is 39.4 Å². The minimum atomic E-state index is -0.565. The Balaban J connectivity index is 1.72. The molecule has 2 saturated heterocycles. The third-order valence-electron chi connectivity index (χ3n) is 4.67. The van der Waals surface area contributed by atoms with Crippen molar-refractivity contribution in [3.8, 4) is 0 Å². The van der Waals surface area contributed by atoms with Crippen LogP contribution in [0.2, 0.25) is 0 Å². The molecule has 0 aromatic carbocycles. The number of nitrogens with two attached hydrogens (primary N) is 1. The van der Waals surface area contributed by atoms with Crippen molar-refractivity contribution in [1.29, 1.82) is 0 Å². The fourth-order valence-corrected chi connectivity index (χ4v) is 3.04. The van der Waals surface area contributed by atoms with Crippen LogP contribution in [0.15, 0.2) is 0 Å². The van der Waals surface area contributed by atoms with Crippen LogP contribution in [0, 0.1) is 11.3 Å². The monoisotopic (exact) mass is 283 g/mol. The van der Waals surface area contributed by atoms with Crippen molar-refractivity contribution < 1.29 is 9.53 Å². The van der Waals surface area contributed by atoms with Crippen LogP contribution in [0.25, 0.3) is 0 Å². The van der Waals surface area contributed by atoms with Crippen LogP contribution in [-0.2, 0) is 9.53 Å². The molecule has 0 aliphatic carbocycles. The van der Waals surface area contributed by atoms with Gasteiger partial charge in [0.1, 0.15) is 0 Å². The first-order valence-corrected chi connectivity index (χ1v) is 7.86. The Kier molecular flexibility index (Phi) is 5.41. The molecular weight excluding hydrogens is 254 g/mol. The van der Waals surface area contributed by atoms with Gasteiger partial charge in [-0.15, -0.1) is 0 Å². The second kappa shape index (κ2) is 6.87. The fourth-order valence-electron chi connectivity index (χ4n) is 3.04. The molecule has 116 valence electrons. The highest BCUT2D eigenvalue weighted by molar-refractivity contribution is 5.83. The van der Waals surface area contributed by atoms with Gasteiger partial charge >= 0.3 is 0 Å². The third-order valence-corrected chi connectivity index (χ3v) is 4.67. The molecule has 0 bridgehead atoms. The molecule has 5 nitrogen and oxygen atoms in total. The molecule has 3 unspecified atom stereocenters. The van der Waals surface area contributed by atoms with Gasteiger partial charge in [0.25, 0.3) is 0 Å². The quantitative estimate of drug-likeness (QED) is 0.775. The minimum Gasteiger partial charge on any atom is -0.379 e. The SMILES string of the molecule is CC(CNC(=O)C1(C)COCC1N)CN1CCCCC1. The molecule has 3 atom stereocenters. The number of carbonyl (C=O) groups is 1. The molecule has 2 heterocycles. The van der Waals surface area contributed by atoms with Crippen molar-refractivity contribution in [2.45, 2.75) is 39.2 Å². The van der Waals surface area contributed by atoms with Crippen LogP contribution >= 0.6 is 0 Å². The lowest BCUT2D eigenvalue weighted by Gasteiger charge is -2.30. The highest BCUT2D eigenvalue weighted by atomic mass is 16.5. The number of nitrogens with one attached hydrogen (secondary N) is 1. The number of carbonyl (C=O) groups excluding carboxylic acids is 1. The highest BCUT2D eigenvalue weighted by Crippen LogP contribution is 2.27. The summed E-state index contributed by atoms with van der Waals surface area (Å²) < 4.78 is 5.33. The first-order valence-electron chi connectivity index (χ1n) is 7.86. The Morgan fingerprint density at radius 3 is 2.75 bits per heavy atom. The van der Waals surface area contributed by atoms with E-state index >= 15 is 0 Å². The summed E-state index contributed by atoms with van der Waals surface area (Å²) in [4.78, 5) is 14.8. The van der Waals surface area contributed by atoms with E-state index in [1.54, 1.807) is 0 Å². The predicted octanol–water partition coefficient (Wildman–Crippen LogP) is 0.588. The first-order chi connectivity index (χ1) is 9.52. The molecule has 0 spiro atoms. The maximum Gasteiger partial charge on any atom is 0.229 e. The largest absolute Gasteiger partial charge is 0.379 e. The van der Waals surface area contributed by atoms with E-state index in [2.05, 4.69) is 17.1 Å². The van der Waals surface area contributed by atoms with E-state index in [0.717, 1.165) is 13.1 Å². The summed E-state index contributed by atoms with van der Waals surface area (Å²) in [5.41, 5.74) is 5.41. The second-order valence-electron chi connectivity index (χ2n) is 6.72. The van der Waals surface area contributed by atoms with Crippen LogP contribution in [0.5, 0.6) is 0 Å². The summed E-state index contributed by atoms with van der Waals surface area (Å²) in [5.74, 6) is 0.507. The molecule has 2 rings (SSSR count). The molecule has 0 aromatic rings. The lowest BCUT2D eigenvalue weighted by molar-refractivity contribution is -0.130. The summed E-state index contributed by atoms with van der Waals surface area (Å²) in [5, 5.41) is 3.06. The number of hydrogen-bond donors (Lipinski definition) is 2. The minimum absolute atomic E-state index is 0.0352. The van der Waals surface area contributed by atoms with Crippen LogP contribution < -0.4 is 11.1 Å². The van der Waals surface area contributed by atoms with Crippen LogP contribution in [0.3, 0.4) is 0 Å². The molecule has 2 aliphatic rings. The first kappa shape index (κ1) is 15.7. The van der Waals surface area contributed by atoms with Gasteiger partial charge in [0.2, 0.25) is 5.91 Å². The van der Waals surface area contributed by atoms with Gasteiger partial charge in [-0.05, 0) is 38.8 Å². The van der Waals surface area contributed by atoms with E-state index in [-0.39, 0.29) is 11.9 Å². The number of ether oxygens (including phenoxy) is 1. The molecule has 2 fully saturated rings.